The predicted octanol–water partition coefficient (Wildman–Crippen LogP) is 21.8. The van der Waals surface area contributed by atoms with E-state index in [9.17, 15) is 0 Å². The fourth-order valence-electron chi connectivity index (χ4n) is 13.9. The van der Waals surface area contributed by atoms with Gasteiger partial charge in [-0.1, -0.05) is 182 Å². The second-order valence-corrected chi connectivity index (χ2v) is 23.3. The molecule has 0 bridgehead atoms. The molecular weight excluding hydrogens is 1060 g/mol. The quantitative estimate of drug-likeness (QED) is 0.156. The maximum Gasteiger partial charge on any atom is 0.135 e. The van der Waals surface area contributed by atoms with Crippen LogP contribution in [0.15, 0.2) is 276 Å². The van der Waals surface area contributed by atoms with E-state index in [4.69, 9.17) is 18.8 Å². The molecule has 6 heterocycles. The lowest BCUT2D eigenvalue weighted by molar-refractivity contribution is 0.668. The summed E-state index contributed by atoms with van der Waals surface area (Å²) in [5, 5.41) is 13.4. The lowest BCUT2D eigenvalue weighted by Crippen LogP contribution is -1.96. The maximum absolute atomic E-state index is 6.34. The fraction of sp³-hybridized carbons (Fsp3) is 0. The molecular formula is C78H44N4O2S. The van der Waals surface area contributed by atoms with Crippen LogP contribution in [0.1, 0.15) is 0 Å². The molecule has 6 nitrogen and oxygen atoms in total. The summed E-state index contributed by atoms with van der Waals surface area (Å²) in [7, 11) is 0. The zero-order valence-corrected chi connectivity index (χ0v) is 46.2. The summed E-state index contributed by atoms with van der Waals surface area (Å²) in [6, 6.07) is 96.1. The summed E-state index contributed by atoms with van der Waals surface area (Å²) < 4.78 is 17.6. The summed E-state index contributed by atoms with van der Waals surface area (Å²) >= 11 is 1.79. The van der Waals surface area contributed by atoms with E-state index in [1.165, 1.54) is 21.5 Å². The number of benzene rings is 13. The smallest absolute Gasteiger partial charge is 0.135 e. The first-order valence-electron chi connectivity index (χ1n) is 28.8. The summed E-state index contributed by atoms with van der Waals surface area (Å²) in [4.78, 5) is 14.4. The molecule has 0 amide bonds. The lowest BCUT2D eigenvalue weighted by Gasteiger charge is -2.14. The minimum absolute atomic E-state index is 0.845. The third kappa shape index (κ3) is 6.75. The van der Waals surface area contributed by atoms with Gasteiger partial charge in [-0.25, -0.2) is 9.97 Å². The normalized spacial score (nSPS) is 12.2. The van der Waals surface area contributed by atoms with Crippen molar-refractivity contribution in [3.05, 3.63) is 267 Å². The summed E-state index contributed by atoms with van der Waals surface area (Å²) in [5.41, 5.74) is 20.2. The minimum atomic E-state index is 0.845. The van der Waals surface area contributed by atoms with Crippen LogP contribution >= 0.6 is 11.3 Å². The van der Waals surface area contributed by atoms with Gasteiger partial charge in [0, 0.05) is 76.4 Å². The number of aromatic nitrogens is 4. The van der Waals surface area contributed by atoms with Gasteiger partial charge in [-0.15, -0.1) is 11.3 Å². The van der Waals surface area contributed by atoms with Crippen LogP contribution < -0.4 is 0 Å². The maximum atomic E-state index is 6.34. The van der Waals surface area contributed by atoms with Gasteiger partial charge in [0.25, 0.3) is 0 Å². The first-order valence-corrected chi connectivity index (χ1v) is 29.6. The third-order valence-corrected chi connectivity index (χ3v) is 18.9. The number of rotatable bonds is 6. The van der Waals surface area contributed by atoms with Gasteiger partial charge in [0.1, 0.15) is 33.4 Å². The Kier molecular flexibility index (Phi) is 9.68. The van der Waals surface area contributed by atoms with Crippen molar-refractivity contribution >= 4 is 142 Å². The molecule has 0 spiro atoms. The van der Waals surface area contributed by atoms with Gasteiger partial charge in [0.2, 0.25) is 0 Å². The van der Waals surface area contributed by atoms with Gasteiger partial charge in [0.05, 0.1) is 42.9 Å². The van der Waals surface area contributed by atoms with Crippen molar-refractivity contribution in [1.82, 2.24) is 19.1 Å². The van der Waals surface area contributed by atoms with Gasteiger partial charge in [-0.3, -0.25) is 0 Å². The Labute approximate surface area is 488 Å². The Morgan fingerprint density at radius 2 is 0.624 bits per heavy atom. The third-order valence-electron chi connectivity index (χ3n) is 17.7. The SMILES string of the molecule is c1ccc(-n2c3ccccc3c3cccc(-c4sc(-c5cccc6c7ccccc7n(-c7ccccc7)c56)c5nc6c7cc(-c8ccc9oc%10ccccc%10c9c8)ccc7c7ccc(-c8ccc9oc%10ccccc%10c9c8)cc7c6nc45)c32)cc1. The number of furan rings is 2. The van der Waals surface area contributed by atoms with E-state index >= 15 is 0 Å². The van der Waals surface area contributed by atoms with Crippen LogP contribution in [0.4, 0.5) is 0 Å². The Bertz CT molecular complexity index is 5670. The fourth-order valence-corrected chi connectivity index (χ4v) is 15.1. The molecule has 7 heteroatoms. The largest absolute Gasteiger partial charge is 0.456 e. The van der Waals surface area contributed by atoms with E-state index in [0.29, 0.717) is 0 Å². The van der Waals surface area contributed by atoms with Crippen molar-refractivity contribution in [2.75, 3.05) is 0 Å². The number of thiophene rings is 1. The van der Waals surface area contributed by atoms with Crippen LogP contribution in [0.5, 0.6) is 0 Å². The Morgan fingerprint density at radius 3 is 1.08 bits per heavy atom. The van der Waals surface area contributed by atoms with Crippen LogP contribution in [0, 0.1) is 0 Å². The van der Waals surface area contributed by atoms with E-state index in [1.54, 1.807) is 11.3 Å². The van der Waals surface area contributed by atoms with Crippen LogP contribution in [0.25, 0.3) is 186 Å². The molecule has 13 aromatic carbocycles. The highest BCUT2D eigenvalue weighted by Gasteiger charge is 2.27. The molecule has 0 fully saturated rings. The van der Waals surface area contributed by atoms with Crippen molar-refractivity contribution in [3.63, 3.8) is 0 Å². The topological polar surface area (TPSA) is 61.9 Å². The molecule has 19 aromatic rings. The highest BCUT2D eigenvalue weighted by molar-refractivity contribution is 7.21. The number of nitrogens with zero attached hydrogens (tertiary/aromatic N) is 4. The summed E-state index contributed by atoms with van der Waals surface area (Å²) in [5.74, 6) is 0. The molecule has 0 aliphatic heterocycles. The Balaban J connectivity index is 0.959. The van der Waals surface area contributed by atoms with E-state index in [2.05, 4.69) is 252 Å². The zero-order chi connectivity index (χ0) is 55.4. The second kappa shape index (κ2) is 17.7. The number of fused-ring (bicyclic) bond motifs is 19. The van der Waals surface area contributed by atoms with Crippen LogP contribution in [-0.4, -0.2) is 19.1 Å². The molecule has 0 aliphatic rings. The molecule has 0 saturated heterocycles. The highest BCUT2D eigenvalue weighted by atomic mass is 32.1. The molecule has 19 rings (SSSR count). The van der Waals surface area contributed by atoms with Crippen molar-refractivity contribution in [2.45, 2.75) is 0 Å². The van der Waals surface area contributed by atoms with Crippen LogP contribution in [-0.2, 0) is 0 Å². The van der Waals surface area contributed by atoms with Crippen LogP contribution in [0.3, 0.4) is 0 Å². The molecule has 0 aliphatic carbocycles. The number of hydrogen-bond donors (Lipinski definition) is 0. The van der Waals surface area contributed by atoms with Crippen molar-refractivity contribution in [3.8, 4) is 54.5 Å². The summed E-state index contributed by atoms with van der Waals surface area (Å²) in [6.45, 7) is 0. The molecule has 0 radical (unpaired) electrons. The van der Waals surface area contributed by atoms with E-state index in [1.807, 2.05) is 24.3 Å². The number of hydrogen-bond acceptors (Lipinski definition) is 5. The van der Waals surface area contributed by atoms with Gasteiger partial charge in [-0.2, -0.15) is 0 Å². The average Bonchev–Trinajstić information content (AvgIpc) is 2.01. The van der Waals surface area contributed by atoms with Gasteiger partial charge >= 0.3 is 0 Å². The van der Waals surface area contributed by atoms with E-state index in [0.717, 1.165) is 164 Å². The first-order chi connectivity index (χ1) is 42.1. The van der Waals surface area contributed by atoms with E-state index in [-0.39, 0.29) is 0 Å². The highest BCUT2D eigenvalue weighted by Crippen LogP contribution is 2.51. The lowest BCUT2D eigenvalue weighted by atomic mass is 9.93. The molecule has 85 heavy (non-hydrogen) atoms. The summed E-state index contributed by atoms with van der Waals surface area (Å²) in [6.07, 6.45) is 0. The Hall–Kier alpha value is -11.1. The first kappa shape index (κ1) is 46.5. The standard InChI is InChI=1S/C78H44N4O2S/c1-3-17-49(18-4-1)81-65-29-11-7-21-53(65)57-25-15-27-59(75(57)81)77-73-74(78(85-77)60-28-16-26-58-54-22-8-12-30-66(54)82(76(58)60)50-19-5-2-6-20-50)80-72-64-44-46(48-36-40-70-62(42-48)56-24-10-14-32-68(56)84-70)34-38-52(64)51-37-33-45(43-63(51)71(72)79-73)47-35-39-69-61(41-47)55-23-9-13-31-67(55)83-69/h1-44H. The van der Waals surface area contributed by atoms with Gasteiger partial charge < -0.3 is 18.0 Å². The van der Waals surface area contributed by atoms with Crippen LogP contribution in [0.2, 0.25) is 0 Å². The number of para-hydroxylation sites is 8. The van der Waals surface area contributed by atoms with Crippen molar-refractivity contribution in [2.24, 2.45) is 0 Å². The minimum Gasteiger partial charge on any atom is -0.456 e. The van der Waals surface area contributed by atoms with Gasteiger partial charge in [-0.05, 0) is 118 Å². The molecule has 394 valence electrons. The zero-order valence-electron chi connectivity index (χ0n) is 45.4. The molecule has 0 saturated carbocycles. The molecule has 0 N–H and O–H groups in total. The van der Waals surface area contributed by atoms with Gasteiger partial charge in [0.15, 0.2) is 0 Å². The molecule has 6 aromatic heterocycles. The van der Waals surface area contributed by atoms with Crippen molar-refractivity contribution < 1.29 is 8.83 Å². The second-order valence-electron chi connectivity index (χ2n) is 22.3. The predicted molar refractivity (Wildman–Crippen MR) is 355 cm³/mol. The molecule has 0 unspecified atom stereocenters. The van der Waals surface area contributed by atoms with Crippen molar-refractivity contribution in [1.29, 1.82) is 0 Å². The molecule has 0 atom stereocenters. The Morgan fingerprint density at radius 1 is 0.259 bits per heavy atom. The van der Waals surface area contributed by atoms with E-state index < -0.39 is 0 Å². The average molecular weight is 1100 g/mol. The monoisotopic (exact) mass is 1100 g/mol.